The summed E-state index contributed by atoms with van der Waals surface area (Å²) < 4.78 is 2.21. The average molecular weight is 246 g/mol. The molecule has 0 aliphatic carbocycles. The molecule has 1 aromatic heterocycles. The summed E-state index contributed by atoms with van der Waals surface area (Å²) in [5, 5.41) is 8.68. The number of imidazole rings is 1. The molecule has 0 fully saturated rings. The Hall–Kier alpha value is -1.84. The molecule has 2 aromatic rings. The molecule has 4 nitrogen and oxygen atoms in total. The number of aryl methyl sites for hydroxylation is 2. The number of carbonyl (C=O) groups is 1. The minimum Gasteiger partial charge on any atom is -0.481 e. The van der Waals surface area contributed by atoms with Crippen LogP contribution in [0.3, 0.4) is 0 Å². The number of nitrogens with zero attached hydrogens (tertiary/aromatic N) is 2. The predicted octanol–water partition coefficient (Wildman–Crippen LogP) is 2.85. The fourth-order valence-electron chi connectivity index (χ4n) is 2.19. The summed E-state index contributed by atoms with van der Waals surface area (Å²) in [6.45, 7) is 3.07. The molecule has 0 unspecified atom stereocenters. The number of aliphatic carboxylic acids is 1. The van der Waals surface area contributed by atoms with Crippen molar-refractivity contribution in [2.45, 2.75) is 39.2 Å². The molecule has 0 saturated carbocycles. The standard InChI is InChI=1S/C14H18N2O2/c1-2-10-16-12-7-4-3-6-11(12)15-13(16)8-5-9-14(17)18/h3-4,6-7H,2,5,8-10H2,1H3,(H,17,18). The van der Waals surface area contributed by atoms with Crippen molar-refractivity contribution in [3.8, 4) is 0 Å². The highest BCUT2D eigenvalue weighted by atomic mass is 16.4. The molecular weight excluding hydrogens is 228 g/mol. The summed E-state index contributed by atoms with van der Waals surface area (Å²) in [7, 11) is 0. The van der Waals surface area contributed by atoms with E-state index in [-0.39, 0.29) is 6.42 Å². The lowest BCUT2D eigenvalue weighted by molar-refractivity contribution is -0.137. The van der Waals surface area contributed by atoms with Crippen LogP contribution < -0.4 is 0 Å². The molecule has 0 atom stereocenters. The Morgan fingerprint density at radius 1 is 1.39 bits per heavy atom. The molecule has 1 aromatic carbocycles. The van der Waals surface area contributed by atoms with Gasteiger partial charge in [-0.2, -0.15) is 0 Å². The second kappa shape index (κ2) is 5.67. The molecule has 96 valence electrons. The number of benzene rings is 1. The van der Waals surface area contributed by atoms with E-state index in [9.17, 15) is 4.79 Å². The Balaban J connectivity index is 2.24. The number of rotatable bonds is 6. The Kier molecular flexibility index (Phi) is 3.97. The van der Waals surface area contributed by atoms with E-state index >= 15 is 0 Å². The molecule has 0 aliphatic heterocycles. The van der Waals surface area contributed by atoms with Crippen LogP contribution in [0, 0.1) is 0 Å². The second-order valence-corrected chi connectivity index (χ2v) is 4.42. The second-order valence-electron chi connectivity index (χ2n) is 4.42. The zero-order valence-corrected chi connectivity index (χ0v) is 10.6. The SMILES string of the molecule is CCCn1c(CCCC(=O)O)nc2ccccc21. The maximum Gasteiger partial charge on any atom is 0.303 e. The Labute approximate surface area is 106 Å². The zero-order chi connectivity index (χ0) is 13.0. The van der Waals surface area contributed by atoms with Crippen molar-refractivity contribution in [1.29, 1.82) is 0 Å². The predicted molar refractivity (Wildman–Crippen MR) is 70.6 cm³/mol. The van der Waals surface area contributed by atoms with Crippen LogP contribution in [0.25, 0.3) is 11.0 Å². The lowest BCUT2D eigenvalue weighted by Gasteiger charge is -2.06. The average Bonchev–Trinajstić information content (AvgIpc) is 2.68. The van der Waals surface area contributed by atoms with Crippen LogP contribution in [-0.2, 0) is 17.8 Å². The molecule has 1 heterocycles. The van der Waals surface area contributed by atoms with Gasteiger partial charge < -0.3 is 9.67 Å². The van der Waals surface area contributed by atoms with Gasteiger partial charge in [-0.3, -0.25) is 4.79 Å². The number of aromatic nitrogens is 2. The number of hydrogen-bond donors (Lipinski definition) is 1. The Morgan fingerprint density at radius 3 is 2.89 bits per heavy atom. The summed E-state index contributed by atoms with van der Waals surface area (Å²) >= 11 is 0. The van der Waals surface area contributed by atoms with E-state index in [0.717, 1.165) is 36.2 Å². The molecule has 0 saturated heterocycles. The number of fused-ring (bicyclic) bond motifs is 1. The van der Waals surface area contributed by atoms with Crippen LogP contribution in [0.5, 0.6) is 0 Å². The van der Waals surface area contributed by atoms with E-state index in [1.54, 1.807) is 0 Å². The maximum absolute atomic E-state index is 10.5. The van der Waals surface area contributed by atoms with E-state index in [1.807, 2.05) is 18.2 Å². The van der Waals surface area contributed by atoms with Crippen molar-refractivity contribution in [3.63, 3.8) is 0 Å². The third-order valence-electron chi connectivity index (χ3n) is 2.97. The third-order valence-corrected chi connectivity index (χ3v) is 2.97. The van der Waals surface area contributed by atoms with Crippen molar-refractivity contribution in [1.82, 2.24) is 9.55 Å². The van der Waals surface area contributed by atoms with Crippen LogP contribution >= 0.6 is 0 Å². The Bertz CT molecular complexity index is 546. The highest BCUT2D eigenvalue weighted by molar-refractivity contribution is 5.75. The van der Waals surface area contributed by atoms with Crippen LogP contribution in [0.2, 0.25) is 0 Å². The van der Waals surface area contributed by atoms with Crippen LogP contribution in [-0.4, -0.2) is 20.6 Å². The first-order valence-electron chi connectivity index (χ1n) is 6.38. The summed E-state index contributed by atoms with van der Waals surface area (Å²) in [5.41, 5.74) is 2.14. The number of hydrogen-bond acceptors (Lipinski definition) is 2. The van der Waals surface area contributed by atoms with Gasteiger partial charge in [0, 0.05) is 19.4 Å². The van der Waals surface area contributed by atoms with E-state index < -0.39 is 5.97 Å². The van der Waals surface area contributed by atoms with Crippen molar-refractivity contribution in [3.05, 3.63) is 30.1 Å². The van der Waals surface area contributed by atoms with E-state index in [4.69, 9.17) is 5.11 Å². The lowest BCUT2D eigenvalue weighted by Crippen LogP contribution is -2.05. The first-order valence-corrected chi connectivity index (χ1v) is 6.38. The van der Waals surface area contributed by atoms with Gasteiger partial charge in [-0.15, -0.1) is 0 Å². The number of carboxylic acid groups (broad SMARTS) is 1. The van der Waals surface area contributed by atoms with Gasteiger partial charge in [0.15, 0.2) is 0 Å². The molecule has 0 bridgehead atoms. The van der Waals surface area contributed by atoms with Gasteiger partial charge in [0.1, 0.15) is 5.82 Å². The first-order chi connectivity index (χ1) is 8.72. The number of para-hydroxylation sites is 2. The van der Waals surface area contributed by atoms with E-state index in [0.29, 0.717) is 6.42 Å². The number of carboxylic acids is 1. The normalized spacial score (nSPS) is 10.9. The van der Waals surface area contributed by atoms with Crippen molar-refractivity contribution < 1.29 is 9.90 Å². The minimum atomic E-state index is -0.742. The zero-order valence-electron chi connectivity index (χ0n) is 10.6. The molecule has 4 heteroatoms. The monoisotopic (exact) mass is 246 g/mol. The smallest absolute Gasteiger partial charge is 0.303 e. The Morgan fingerprint density at radius 2 is 2.17 bits per heavy atom. The maximum atomic E-state index is 10.5. The fourth-order valence-corrected chi connectivity index (χ4v) is 2.19. The van der Waals surface area contributed by atoms with Crippen molar-refractivity contribution >= 4 is 17.0 Å². The third kappa shape index (κ3) is 2.70. The van der Waals surface area contributed by atoms with Gasteiger partial charge in [0.05, 0.1) is 11.0 Å². The first kappa shape index (κ1) is 12.6. The van der Waals surface area contributed by atoms with Gasteiger partial charge >= 0.3 is 5.97 Å². The van der Waals surface area contributed by atoms with Gasteiger partial charge in [-0.05, 0) is 25.0 Å². The largest absolute Gasteiger partial charge is 0.481 e. The van der Waals surface area contributed by atoms with Gasteiger partial charge in [-0.1, -0.05) is 19.1 Å². The van der Waals surface area contributed by atoms with Gasteiger partial charge in [0.2, 0.25) is 0 Å². The fraction of sp³-hybridized carbons (Fsp3) is 0.429. The molecule has 2 rings (SSSR count). The molecule has 0 amide bonds. The molecule has 1 N–H and O–H groups in total. The van der Waals surface area contributed by atoms with Gasteiger partial charge in [0.25, 0.3) is 0 Å². The van der Waals surface area contributed by atoms with Crippen molar-refractivity contribution in [2.24, 2.45) is 0 Å². The van der Waals surface area contributed by atoms with Crippen LogP contribution in [0.1, 0.15) is 32.0 Å². The summed E-state index contributed by atoms with van der Waals surface area (Å²) in [5.74, 6) is 0.257. The molecule has 0 aliphatic rings. The lowest BCUT2D eigenvalue weighted by atomic mass is 10.2. The van der Waals surface area contributed by atoms with Crippen LogP contribution in [0.4, 0.5) is 0 Å². The molecule has 0 spiro atoms. The highest BCUT2D eigenvalue weighted by Gasteiger charge is 2.09. The summed E-state index contributed by atoms with van der Waals surface area (Å²) in [6, 6.07) is 8.06. The molecule has 0 radical (unpaired) electrons. The summed E-state index contributed by atoms with van der Waals surface area (Å²) in [6.07, 6.45) is 2.62. The van der Waals surface area contributed by atoms with Crippen LogP contribution in [0.15, 0.2) is 24.3 Å². The molecule has 18 heavy (non-hydrogen) atoms. The van der Waals surface area contributed by atoms with Crippen molar-refractivity contribution in [2.75, 3.05) is 0 Å². The quantitative estimate of drug-likeness (QED) is 0.852. The minimum absolute atomic E-state index is 0.204. The topological polar surface area (TPSA) is 55.1 Å². The molecular formula is C14H18N2O2. The van der Waals surface area contributed by atoms with E-state index in [2.05, 4.69) is 22.5 Å². The summed E-state index contributed by atoms with van der Waals surface area (Å²) in [4.78, 5) is 15.1. The highest BCUT2D eigenvalue weighted by Crippen LogP contribution is 2.18. The van der Waals surface area contributed by atoms with Gasteiger partial charge in [-0.25, -0.2) is 4.98 Å². The van der Waals surface area contributed by atoms with E-state index in [1.165, 1.54) is 0 Å².